The third-order valence-corrected chi connectivity index (χ3v) is 3.90. The molecule has 1 heterocycles. The third-order valence-electron chi connectivity index (χ3n) is 3.90. The van der Waals surface area contributed by atoms with E-state index >= 15 is 0 Å². The van der Waals surface area contributed by atoms with Crippen LogP contribution in [-0.4, -0.2) is 38.7 Å². The van der Waals surface area contributed by atoms with Crippen LogP contribution in [0.5, 0.6) is 11.5 Å². The van der Waals surface area contributed by atoms with E-state index in [9.17, 15) is 4.79 Å². The van der Waals surface area contributed by atoms with E-state index in [0.717, 1.165) is 25.2 Å². The number of ether oxygens (including phenoxy) is 2. The molecular weight excluding hydrogens is 318 g/mol. The van der Waals surface area contributed by atoms with Crippen molar-refractivity contribution in [3.63, 3.8) is 0 Å². The molecule has 1 aromatic carbocycles. The summed E-state index contributed by atoms with van der Waals surface area (Å²) in [5.74, 6) is 1.81. The lowest BCUT2D eigenvalue weighted by Crippen LogP contribution is -2.20. The van der Waals surface area contributed by atoms with Gasteiger partial charge in [0.15, 0.2) is 0 Å². The van der Waals surface area contributed by atoms with Crippen molar-refractivity contribution in [1.29, 1.82) is 0 Å². The molecule has 0 aliphatic carbocycles. The Bertz CT molecular complexity index is 702. The molecule has 6 nitrogen and oxygen atoms in total. The zero-order chi connectivity index (χ0) is 18.2. The summed E-state index contributed by atoms with van der Waals surface area (Å²) in [4.78, 5) is 18.9. The van der Waals surface area contributed by atoms with Crippen LogP contribution in [0.3, 0.4) is 0 Å². The van der Waals surface area contributed by atoms with Crippen molar-refractivity contribution in [1.82, 2.24) is 4.98 Å². The molecule has 0 unspecified atom stereocenters. The lowest BCUT2D eigenvalue weighted by Gasteiger charge is -2.17. The first-order valence-electron chi connectivity index (χ1n) is 8.29. The number of aromatic nitrogens is 1. The van der Waals surface area contributed by atoms with Crippen LogP contribution in [0.4, 0.5) is 11.5 Å². The van der Waals surface area contributed by atoms with E-state index in [1.165, 1.54) is 0 Å². The number of pyridine rings is 1. The van der Waals surface area contributed by atoms with Crippen LogP contribution in [0.15, 0.2) is 36.5 Å². The normalized spacial score (nSPS) is 10.2. The molecule has 0 spiro atoms. The predicted molar refractivity (Wildman–Crippen MR) is 99.9 cm³/mol. The van der Waals surface area contributed by atoms with Crippen LogP contribution in [0, 0.1) is 0 Å². The number of carbonyl (C=O) groups is 1. The Hall–Kier alpha value is -2.76. The summed E-state index contributed by atoms with van der Waals surface area (Å²) < 4.78 is 10.5. The van der Waals surface area contributed by atoms with Crippen LogP contribution >= 0.6 is 0 Å². The van der Waals surface area contributed by atoms with E-state index in [-0.39, 0.29) is 5.91 Å². The number of nitrogens with one attached hydrogen (secondary N) is 1. The number of hydrogen-bond acceptors (Lipinski definition) is 5. The van der Waals surface area contributed by atoms with E-state index < -0.39 is 0 Å². The summed E-state index contributed by atoms with van der Waals surface area (Å²) in [7, 11) is 5.13. The van der Waals surface area contributed by atoms with Gasteiger partial charge in [0, 0.05) is 25.9 Å². The molecule has 0 atom stereocenters. The molecule has 1 N–H and O–H groups in total. The summed E-state index contributed by atoms with van der Waals surface area (Å²) in [6.07, 6.45) is 3.82. The molecule has 25 heavy (non-hydrogen) atoms. The average Bonchev–Trinajstić information content (AvgIpc) is 2.66. The Morgan fingerprint density at radius 3 is 2.60 bits per heavy atom. The summed E-state index contributed by atoms with van der Waals surface area (Å²) in [5, 5.41) is 2.84. The molecule has 0 bridgehead atoms. The van der Waals surface area contributed by atoms with Gasteiger partial charge in [-0.15, -0.1) is 0 Å². The molecular formula is C19H25N3O3. The van der Waals surface area contributed by atoms with Gasteiger partial charge in [-0.3, -0.25) is 4.79 Å². The van der Waals surface area contributed by atoms with Gasteiger partial charge in [0.05, 0.1) is 25.5 Å². The zero-order valence-corrected chi connectivity index (χ0v) is 15.2. The standard InChI is InChI=1S/C19H25N3O3/c1-5-6-11-22(2)18-10-7-14(13-20-18)19(23)21-16-12-15(24-3)8-9-17(16)25-4/h7-10,12-13H,5-6,11H2,1-4H3,(H,21,23). The van der Waals surface area contributed by atoms with Crippen LogP contribution in [0.2, 0.25) is 0 Å². The van der Waals surface area contributed by atoms with Crippen molar-refractivity contribution in [3.8, 4) is 11.5 Å². The zero-order valence-electron chi connectivity index (χ0n) is 15.2. The summed E-state index contributed by atoms with van der Waals surface area (Å²) >= 11 is 0. The molecule has 2 aromatic rings. The van der Waals surface area contributed by atoms with Gasteiger partial charge in [-0.25, -0.2) is 4.98 Å². The minimum Gasteiger partial charge on any atom is -0.497 e. The second kappa shape index (κ2) is 8.92. The summed E-state index contributed by atoms with van der Waals surface area (Å²) in [5.41, 5.74) is 1.04. The van der Waals surface area contributed by atoms with Crippen LogP contribution in [-0.2, 0) is 0 Å². The molecule has 0 aliphatic heterocycles. The first-order chi connectivity index (χ1) is 12.1. The number of carbonyl (C=O) groups excluding carboxylic acids is 1. The first-order valence-corrected chi connectivity index (χ1v) is 8.29. The van der Waals surface area contributed by atoms with Crippen molar-refractivity contribution in [2.75, 3.05) is 38.0 Å². The van der Waals surface area contributed by atoms with E-state index in [2.05, 4.69) is 22.1 Å². The van der Waals surface area contributed by atoms with Gasteiger partial charge in [-0.05, 0) is 30.7 Å². The van der Waals surface area contributed by atoms with Gasteiger partial charge in [-0.1, -0.05) is 13.3 Å². The summed E-state index contributed by atoms with van der Waals surface area (Å²) in [6.45, 7) is 3.09. The number of nitrogens with zero attached hydrogens (tertiary/aromatic N) is 2. The fourth-order valence-electron chi connectivity index (χ4n) is 2.36. The van der Waals surface area contributed by atoms with E-state index in [1.54, 1.807) is 44.7 Å². The smallest absolute Gasteiger partial charge is 0.257 e. The number of anilines is 2. The maximum atomic E-state index is 12.5. The van der Waals surface area contributed by atoms with Crippen LogP contribution < -0.4 is 19.7 Å². The second-order valence-corrected chi connectivity index (χ2v) is 5.70. The largest absolute Gasteiger partial charge is 0.497 e. The van der Waals surface area contributed by atoms with Crippen molar-refractivity contribution in [2.45, 2.75) is 19.8 Å². The number of methoxy groups -OCH3 is 2. The lowest BCUT2D eigenvalue weighted by molar-refractivity contribution is 0.102. The third kappa shape index (κ3) is 4.86. The number of rotatable bonds is 8. The highest BCUT2D eigenvalue weighted by Crippen LogP contribution is 2.29. The molecule has 1 amide bonds. The SMILES string of the molecule is CCCCN(C)c1ccc(C(=O)Nc2cc(OC)ccc2OC)cn1. The van der Waals surface area contributed by atoms with Gasteiger partial charge in [0.25, 0.3) is 5.91 Å². The quantitative estimate of drug-likeness (QED) is 0.793. The summed E-state index contributed by atoms with van der Waals surface area (Å²) in [6, 6.07) is 8.87. The molecule has 0 aliphatic rings. The maximum absolute atomic E-state index is 12.5. The number of hydrogen-bond donors (Lipinski definition) is 1. The Labute approximate surface area is 148 Å². The molecule has 2 rings (SSSR count). The van der Waals surface area contributed by atoms with Crippen molar-refractivity contribution >= 4 is 17.4 Å². The average molecular weight is 343 g/mol. The molecule has 134 valence electrons. The van der Waals surface area contributed by atoms with Gasteiger partial charge in [0.1, 0.15) is 17.3 Å². The van der Waals surface area contributed by atoms with Crippen LogP contribution in [0.25, 0.3) is 0 Å². The Morgan fingerprint density at radius 2 is 2.00 bits per heavy atom. The number of amides is 1. The molecule has 1 aromatic heterocycles. The molecule has 0 saturated heterocycles. The van der Waals surface area contributed by atoms with E-state index in [1.807, 2.05) is 13.1 Å². The van der Waals surface area contributed by atoms with Gasteiger partial charge in [0.2, 0.25) is 0 Å². The number of benzene rings is 1. The highest BCUT2D eigenvalue weighted by Gasteiger charge is 2.12. The van der Waals surface area contributed by atoms with Gasteiger partial charge < -0.3 is 19.7 Å². The predicted octanol–water partition coefficient (Wildman–Crippen LogP) is 3.59. The van der Waals surface area contributed by atoms with Crippen LogP contribution in [0.1, 0.15) is 30.1 Å². The molecule has 0 fully saturated rings. The van der Waals surface area contributed by atoms with E-state index in [4.69, 9.17) is 9.47 Å². The minimum absolute atomic E-state index is 0.248. The molecule has 6 heteroatoms. The Balaban J connectivity index is 2.11. The van der Waals surface area contributed by atoms with E-state index in [0.29, 0.717) is 22.7 Å². The monoisotopic (exact) mass is 343 g/mol. The lowest BCUT2D eigenvalue weighted by atomic mass is 10.2. The van der Waals surface area contributed by atoms with Crippen molar-refractivity contribution < 1.29 is 14.3 Å². The first kappa shape index (κ1) is 18.6. The van der Waals surface area contributed by atoms with Gasteiger partial charge >= 0.3 is 0 Å². The Kier molecular flexibility index (Phi) is 6.62. The highest BCUT2D eigenvalue weighted by atomic mass is 16.5. The second-order valence-electron chi connectivity index (χ2n) is 5.70. The van der Waals surface area contributed by atoms with Crippen molar-refractivity contribution in [2.24, 2.45) is 0 Å². The molecule has 0 radical (unpaired) electrons. The fourth-order valence-corrected chi connectivity index (χ4v) is 2.36. The fraction of sp³-hybridized carbons (Fsp3) is 0.368. The molecule has 0 saturated carbocycles. The Morgan fingerprint density at radius 1 is 1.20 bits per heavy atom. The minimum atomic E-state index is -0.248. The number of unbranched alkanes of at least 4 members (excludes halogenated alkanes) is 1. The van der Waals surface area contributed by atoms with Gasteiger partial charge in [-0.2, -0.15) is 0 Å². The highest BCUT2D eigenvalue weighted by molar-refractivity contribution is 6.05. The maximum Gasteiger partial charge on any atom is 0.257 e. The van der Waals surface area contributed by atoms with Crippen molar-refractivity contribution in [3.05, 3.63) is 42.1 Å². The topological polar surface area (TPSA) is 63.7 Å².